The SMILES string of the molecule is Cc1cc2c(c3ccccc13)-c1cc3c(cc1C2(C)C)-c1c(ccc2ccccc12)C3(C)C. The van der Waals surface area contributed by atoms with E-state index >= 15 is 0 Å². The van der Waals surface area contributed by atoms with Gasteiger partial charge < -0.3 is 0 Å². The molecule has 0 fully saturated rings. The van der Waals surface area contributed by atoms with Crippen molar-refractivity contribution in [2.45, 2.75) is 45.4 Å². The summed E-state index contributed by atoms with van der Waals surface area (Å²) in [4.78, 5) is 0. The minimum atomic E-state index is -0.0219. The summed E-state index contributed by atoms with van der Waals surface area (Å²) in [5, 5.41) is 5.45. The van der Waals surface area contributed by atoms with Crippen LogP contribution in [0.2, 0.25) is 0 Å². The molecule has 0 saturated heterocycles. The second-order valence-corrected chi connectivity index (χ2v) is 11.1. The van der Waals surface area contributed by atoms with Crippen molar-refractivity contribution in [3.05, 3.63) is 107 Å². The minimum Gasteiger partial charge on any atom is -0.0616 e. The molecule has 0 bridgehead atoms. The van der Waals surface area contributed by atoms with Gasteiger partial charge in [0.25, 0.3) is 0 Å². The predicted octanol–water partition coefficient (Wildman–Crippen LogP) is 8.91. The fourth-order valence-corrected chi connectivity index (χ4v) is 6.76. The van der Waals surface area contributed by atoms with E-state index < -0.39 is 0 Å². The first kappa shape index (κ1) is 19.1. The van der Waals surface area contributed by atoms with Gasteiger partial charge in [0.1, 0.15) is 0 Å². The highest BCUT2D eigenvalue weighted by Gasteiger charge is 2.42. The molecule has 0 aliphatic heterocycles. The van der Waals surface area contributed by atoms with Crippen molar-refractivity contribution >= 4 is 21.5 Å². The van der Waals surface area contributed by atoms with E-state index in [1.165, 1.54) is 71.6 Å². The van der Waals surface area contributed by atoms with E-state index in [-0.39, 0.29) is 10.8 Å². The topological polar surface area (TPSA) is 0 Å². The first-order chi connectivity index (χ1) is 15.8. The fourth-order valence-electron chi connectivity index (χ4n) is 6.76. The third-order valence-electron chi connectivity index (χ3n) is 8.57. The Hall–Kier alpha value is -3.38. The van der Waals surface area contributed by atoms with Gasteiger partial charge in [-0.1, -0.05) is 94.4 Å². The highest BCUT2D eigenvalue weighted by Crippen LogP contribution is 2.58. The molecule has 0 unspecified atom stereocenters. The van der Waals surface area contributed by atoms with Crippen LogP contribution in [0, 0.1) is 6.92 Å². The number of hydrogen-bond donors (Lipinski definition) is 0. The average molecular weight is 425 g/mol. The highest BCUT2D eigenvalue weighted by atomic mass is 14.5. The van der Waals surface area contributed by atoms with E-state index in [0.29, 0.717) is 0 Å². The first-order valence-electron chi connectivity index (χ1n) is 12.0. The maximum absolute atomic E-state index is 2.54. The van der Waals surface area contributed by atoms with Crippen LogP contribution in [0.25, 0.3) is 43.8 Å². The van der Waals surface area contributed by atoms with Gasteiger partial charge in [0.15, 0.2) is 0 Å². The normalized spacial score (nSPS) is 16.5. The van der Waals surface area contributed by atoms with E-state index in [4.69, 9.17) is 0 Å². The Kier molecular flexibility index (Phi) is 3.44. The molecule has 160 valence electrons. The molecular weight excluding hydrogens is 396 g/mol. The number of aryl methyl sites for hydroxylation is 1. The second kappa shape index (κ2) is 5.94. The zero-order chi connectivity index (χ0) is 22.7. The van der Waals surface area contributed by atoms with Crippen molar-refractivity contribution < 1.29 is 0 Å². The Labute approximate surface area is 195 Å². The van der Waals surface area contributed by atoms with Crippen molar-refractivity contribution in [2.75, 3.05) is 0 Å². The molecule has 0 N–H and O–H groups in total. The number of benzene rings is 5. The van der Waals surface area contributed by atoms with Gasteiger partial charge >= 0.3 is 0 Å². The predicted molar refractivity (Wildman–Crippen MR) is 141 cm³/mol. The smallest absolute Gasteiger partial charge is 0.0159 e. The summed E-state index contributed by atoms with van der Waals surface area (Å²) in [6, 6.07) is 30.0. The van der Waals surface area contributed by atoms with Gasteiger partial charge in [-0.2, -0.15) is 0 Å². The summed E-state index contributed by atoms with van der Waals surface area (Å²) in [5.74, 6) is 0. The molecule has 0 aromatic heterocycles. The average Bonchev–Trinajstić information content (AvgIpc) is 3.18. The zero-order valence-electron chi connectivity index (χ0n) is 20.0. The summed E-state index contributed by atoms with van der Waals surface area (Å²) < 4.78 is 0. The van der Waals surface area contributed by atoms with E-state index in [1.807, 2.05) is 0 Å². The molecule has 0 heterocycles. The maximum atomic E-state index is 2.54. The third kappa shape index (κ3) is 2.22. The Bertz CT molecular complexity index is 1660. The van der Waals surface area contributed by atoms with Crippen LogP contribution in [0.4, 0.5) is 0 Å². The van der Waals surface area contributed by atoms with Gasteiger partial charge in [-0.15, -0.1) is 0 Å². The molecule has 0 atom stereocenters. The molecule has 2 aliphatic carbocycles. The molecule has 2 aliphatic rings. The van der Waals surface area contributed by atoms with Crippen LogP contribution in [0.1, 0.15) is 55.5 Å². The van der Waals surface area contributed by atoms with Gasteiger partial charge in [-0.25, -0.2) is 0 Å². The lowest BCUT2D eigenvalue weighted by atomic mass is 9.79. The van der Waals surface area contributed by atoms with Gasteiger partial charge in [0, 0.05) is 10.8 Å². The lowest BCUT2D eigenvalue weighted by molar-refractivity contribution is 0.652. The lowest BCUT2D eigenvalue weighted by Crippen LogP contribution is -2.17. The zero-order valence-corrected chi connectivity index (χ0v) is 20.0. The standard InChI is InChI=1S/C33H28/c1-19-16-29-31(23-13-9-8-11-21(19)23)25-18-27-24(17-28(25)33(29,4)5)30-22-12-7-6-10-20(22)14-15-26(30)32(27,2)3/h6-18H,1-5H3. The van der Waals surface area contributed by atoms with Gasteiger partial charge in [0.2, 0.25) is 0 Å². The fraction of sp³-hybridized carbons (Fsp3) is 0.212. The molecule has 0 saturated carbocycles. The Morgan fingerprint density at radius 1 is 0.485 bits per heavy atom. The summed E-state index contributed by atoms with van der Waals surface area (Å²) in [5.41, 5.74) is 12.9. The number of hydrogen-bond acceptors (Lipinski definition) is 0. The van der Waals surface area contributed by atoms with Crippen LogP contribution in [-0.2, 0) is 10.8 Å². The Morgan fingerprint density at radius 3 is 1.73 bits per heavy atom. The molecule has 5 aromatic rings. The summed E-state index contributed by atoms with van der Waals surface area (Å²) >= 11 is 0. The molecule has 0 amide bonds. The van der Waals surface area contributed by atoms with E-state index in [0.717, 1.165) is 0 Å². The van der Waals surface area contributed by atoms with Crippen LogP contribution >= 0.6 is 0 Å². The van der Waals surface area contributed by atoms with E-state index in [2.05, 4.69) is 113 Å². The van der Waals surface area contributed by atoms with Crippen molar-refractivity contribution in [1.82, 2.24) is 0 Å². The number of fused-ring (bicyclic) bond motifs is 10. The van der Waals surface area contributed by atoms with Crippen LogP contribution in [0.15, 0.2) is 78.9 Å². The van der Waals surface area contributed by atoms with Crippen molar-refractivity contribution in [2.24, 2.45) is 0 Å². The maximum Gasteiger partial charge on any atom is 0.0159 e. The van der Waals surface area contributed by atoms with Crippen LogP contribution in [-0.4, -0.2) is 0 Å². The molecule has 0 radical (unpaired) electrons. The molecule has 0 spiro atoms. The van der Waals surface area contributed by atoms with Gasteiger partial charge in [0.05, 0.1) is 0 Å². The molecular formula is C33H28. The molecule has 0 nitrogen and oxygen atoms in total. The lowest BCUT2D eigenvalue weighted by Gasteiger charge is -2.24. The van der Waals surface area contributed by atoms with Crippen LogP contribution in [0.5, 0.6) is 0 Å². The van der Waals surface area contributed by atoms with Gasteiger partial charge in [-0.05, 0) is 90.7 Å². The summed E-state index contributed by atoms with van der Waals surface area (Å²) in [6.07, 6.45) is 0. The molecule has 5 aromatic carbocycles. The highest BCUT2D eigenvalue weighted by molar-refractivity contribution is 6.07. The van der Waals surface area contributed by atoms with Crippen molar-refractivity contribution in [1.29, 1.82) is 0 Å². The quantitative estimate of drug-likeness (QED) is 0.233. The largest absolute Gasteiger partial charge is 0.0616 e. The monoisotopic (exact) mass is 424 g/mol. The molecule has 7 rings (SSSR count). The van der Waals surface area contributed by atoms with E-state index in [1.54, 1.807) is 0 Å². The Balaban J connectivity index is 1.62. The summed E-state index contributed by atoms with van der Waals surface area (Å²) in [6.45, 7) is 11.9. The summed E-state index contributed by atoms with van der Waals surface area (Å²) in [7, 11) is 0. The Morgan fingerprint density at radius 2 is 1.03 bits per heavy atom. The van der Waals surface area contributed by atoms with E-state index in [9.17, 15) is 0 Å². The molecule has 0 heteroatoms. The van der Waals surface area contributed by atoms with Crippen LogP contribution < -0.4 is 0 Å². The van der Waals surface area contributed by atoms with Gasteiger partial charge in [-0.3, -0.25) is 0 Å². The molecule has 33 heavy (non-hydrogen) atoms. The first-order valence-corrected chi connectivity index (χ1v) is 12.0. The number of rotatable bonds is 0. The van der Waals surface area contributed by atoms with Crippen molar-refractivity contribution in [3.8, 4) is 22.3 Å². The van der Waals surface area contributed by atoms with Crippen LogP contribution in [0.3, 0.4) is 0 Å². The van der Waals surface area contributed by atoms with Crippen molar-refractivity contribution in [3.63, 3.8) is 0 Å². The third-order valence-corrected chi connectivity index (χ3v) is 8.57. The second-order valence-electron chi connectivity index (χ2n) is 11.1. The minimum absolute atomic E-state index is 0.0167.